The summed E-state index contributed by atoms with van der Waals surface area (Å²) < 4.78 is 0. The minimum absolute atomic E-state index is 0.220. The van der Waals surface area contributed by atoms with Gasteiger partial charge < -0.3 is 15.1 Å². The largest absolute Gasteiger partial charge is 0.354 e. The summed E-state index contributed by atoms with van der Waals surface area (Å²) in [6.45, 7) is 5.90. The van der Waals surface area contributed by atoms with Gasteiger partial charge in [-0.15, -0.1) is 0 Å². The third-order valence-corrected chi connectivity index (χ3v) is 3.95. The van der Waals surface area contributed by atoms with E-state index in [9.17, 15) is 4.79 Å². The molecule has 3 heterocycles. The number of nitrogens with one attached hydrogen (secondary N) is 1. The molecule has 1 saturated heterocycles. The second-order valence-electron chi connectivity index (χ2n) is 5.81. The number of aromatic nitrogens is 2. The van der Waals surface area contributed by atoms with Crippen LogP contribution < -0.4 is 10.2 Å². The predicted molar refractivity (Wildman–Crippen MR) is 90.9 cm³/mol. The first-order chi connectivity index (χ1) is 11.1. The van der Waals surface area contributed by atoms with Crippen LogP contribution in [0.1, 0.15) is 16.2 Å². The molecule has 0 radical (unpaired) electrons. The highest BCUT2D eigenvalue weighted by molar-refractivity contribution is 6.02. The molecule has 1 aliphatic rings. The van der Waals surface area contributed by atoms with Crippen LogP contribution in [0.3, 0.4) is 0 Å². The standard InChI is InChI=1S/C17H21N5O/c1-13-4-3-5-15(19-13)17(23)20-14-6-7-16(18-12-14)22-10-8-21(2)9-11-22/h3-7,12H,8-11H2,1-2H3,(H,20,23). The van der Waals surface area contributed by atoms with Crippen LogP contribution in [0.25, 0.3) is 0 Å². The van der Waals surface area contributed by atoms with Crippen molar-refractivity contribution in [2.75, 3.05) is 43.4 Å². The molecule has 0 saturated carbocycles. The van der Waals surface area contributed by atoms with Crippen LogP contribution in [0.15, 0.2) is 36.5 Å². The maximum absolute atomic E-state index is 12.2. The smallest absolute Gasteiger partial charge is 0.274 e. The molecule has 0 aromatic carbocycles. The summed E-state index contributed by atoms with van der Waals surface area (Å²) in [5.74, 6) is 0.729. The van der Waals surface area contributed by atoms with Crippen LogP contribution >= 0.6 is 0 Å². The first-order valence-corrected chi connectivity index (χ1v) is 7.76. The number of likely N-dealkylation sites (N-methyl/N-ethyl adjacent to an activating group) is 1. The number of piperazine rings is 1. The molecule has 1 aliphatic heterocycles. The molecule has 2 aromatic rings. The number of hydrogen-bond acceptors (Lipinski definition) is 5. The van der Waals surface area contributed by atoms with Crippen molar-refractivity contribution in [2.45, 2.75) is 6.92 Å². The Bertz CT molecular complexity index is 678. The Balaban J connectivity index is 1.64. The molecule has 120 valence electrons. The van der Waals surface area contributed by atoms with Gasteiger partial charge in [0.25, 0.3) is 5.91 Å². The van der Waals surface area contributed by atoms with Gasteiger partial charge in [0, 0.05) is 31.9 Å². The molecule has 0 aliphatic carbocycles. The number of aryl methyl sites for hydroxylation is 1. The van der Waals surface area contributed by atoms with E-state index in [1.807, 2.05) is 31.2 Å². The molecule has 6 heteroatoms. The number of anilines is 2. The van der Waals surface area contributed by atoms with Gasteiger partial charge in [-0.25, -0.2) is 9.97 Å². The number of pyridine rings is 2. The topological polar surface area (TPSA) is 61.4 Å². The second-order valence-corrected chi connectivity index (χ2v) is 5.81. The number of rotatable bonds is 3. The molecule has 1 amide bonds. The van der Waals surface area contributed by atoms with E-state index in [1.54, 1.807) is 12.3 Å². The zero-order valence-electron chi connectivity index (χ0n) is 13.5. The van der Waals surface area contributed by atoms with Gasteiger partial charge in [-0.1, -0.05) is 6.07 Å². The second kappa shape index (κ2) is 6.75. The molecule has 0 bridgehead atoms. The molecular weight excluding hydrogens is 290 g/mol. The SMILES string of the molecule is Cc1cccc(C(=O)Nc2ccc(N3CCN(C)CC3)nc2)n1. The minimum Gasteiger partial charge on any atom is -0.354 e. The monoisotopic (exact) mass is 311 g/mol. The maximum Gasteiger partial charge on any atom is 0.274 e. The van der Waals surface area contributed by atoms with Gasteiger partial charge in [0.05, 0.1) is 11.9 Å². The number of nitrogens with zero attached hydrogens (tertiary/aromatic N) is 4. The van der Waals surface area contributed by atoms with Crippen molar-refractivity contribution in [1.29, 1.82) is 0 Å². The van der Waals surface area contributed by atoms with Crippen molar-refractivity contribution in [3.05, 3.63) is 47.9 Å². The number of amides is 1. The summed E-state index contributed by atoms with van der Waals surface area (Å²) in [6, 6.07) is 9.22. The highest BCUT2D eigenvalue weighted by Crippen LogP contribution is 2.16. The number of carbonyl (C=O) groups excluding carboxylic acids is 1. The van der Waals surface area contributed by atoms with E-state index in [-0.39, 0.29) is 5.91 Å². The molecule has 0 spiro atoms. The number of carbonyl (C=O) groups is 1. The van der Waals surface area contributed by atoms with Gasteiger partial charge in [0.15, 0.2) is 0 Å². The lowest BCUT2D eigenvalue weighted by Crippen LogP contribution is -2.44. The fourth-order valence-corrected chi connectivity index (χ4v) is 2.55. The Labute approximate surface area is 136 Å². The van der Waals surface area contributed by atoms with Crippen molar-refractivity contribution < 1.29 is 4.79 Å². The van der Waals surface area contributed by atoms with Crippen molar-refractivity contribution in [3.8, 4) is 0 Å². The summed E-state index contributed by atoms with van der Waals surface area (Å²) >= 11 is 0. The molecule has 6 nitrogen and oxygen atoms in total. The van der Waals surface area contributed by atoms with Gasteiger partial charge in [0.1, 0.15) is 11.5 Å². The van der Waals surface area contributed by atoms with E-state index in [0.29, 0.717) is 11.4 Å². The summed E-state index contributed by atoms with van der Waals surface area (Å²) in [6.07, 6.45) is 1.70. The van der Waals surface area contributed by atoms with Crippen LogP contribution in [0.5, 0.6) is 0 Å². The fourth-order valence-electron chi connectivity index (χ4n) is 2.55. The molecule has 3 rings (SSSR count). The quantitative estimate of drug-likeness (QED) is 0.936. The van der Waals surface area contributed by atoms with E-state index >= 15 is 0 Å². The molecule has 1 fully saturated rings. The Morgan fingerprint density at radius 3 is 2.57 bits per heavy atom. The van der Waals surface area contributed by atoms with E-state index in [4.69, 9.17) is 0 Å². The van der Waals surface area contributed by atoms with Crippen LogP contribution in [-0.2, 0) is 0 Å². The van der Waals surface area contributed by atoms with Gasteiger partial charge in [-0.2, -0.15) is 0 Å². The predicted octanol–water partition coefficient (Wildman–Crippen LogP) is 1.79. The molecule has 1 N–H and O–H groups in total. The van der Waals surface area contributed by atoms with Gasteiger partial charge in [-0.3, -0.25) is 4.79 Å². The first-order valence-electron chi connectivity index (χ1n) is 7.76. The third kappa shape index (κ3) is 3.84. The molecule has 2 aromatic heterocycles. The van der Waals surface area contributed by atoms with E-state index in [1.165, 1.54) is 0 Å². The lowest BCUT2D eigenvalue weighted by molar-refractivity contribution is 0.102. The average molecular weight is 311 g/mol. The summed E-state index contributed by atoms with van der Waals surface area (Å²) in [5.41, 5.74) is 1.91. The third-order valence-electron chi connectivity index (χ3n) is 3.95. The Kier molecular flexibility index (Phi) is 4.52. The molecule has 0 atom stereocenters. The minimum atomic E-state index is -0.220. The normalized spacial score (nSPS) is 15.5. The zero-order chi connectivity index (χ0) is 16.2. The van der Waals surface area contributed by atoms with E-state index in [2.05, 4.69) is 32.1 Å². The van der Waals surface area contributed by atoms with Gasteiger partial charge in [0.2, 0.25) is 0 Å². The van der Waals surface area contributed by atoms with Crippen molar-refractivity contribution in [2.24, 2.45) is 0 Å². The van der Waals surface area contributed by atoms with Crippen molar-refractivity contribution in [1.82, 2.24) is 14.9 Å². The molecule has 23 heavy (non-hydrogen) atoms. The molecular formula is C17H21N5O. The molecule has 0 unspecified atom stereocenters. The number of hydrogen-bond donors (Lipinski definition) is 1. The first kappa shape index (κ1) is 15.4. The highest BCUT2D eigenvalue weighted by Gasteiger charge is 2.15. The summed E-state index contributed by atoms with van der Waals surface area (Å²) in [4.78, 5) is 25.4. The van der Waals surface area contributed by atoms with E-state index < -0.39 is 0 Å². The van der Waals surface area contributed by atoms with Crippen LogP contribution in [0.2, 0.25) is 0 Å². The highest BCUT2D eigenvalue weighted by atomic mass is 16.1. The van der Waals surface area contributed by atoms with Crippen LogP contribution in [0.4, 0.5) is 11.5 Å². The van der Waals surface area contributed by atoms with Crippen molar-refractivity contribution in [3.63, 3.8) is 0 Å². The summed E-state index contributed by atoms with van der Waals surface area (Å²) in [7, 11) is 2.13. The van der Waals surface area contributed by atoms with Gasteiger partial charge >= 0.3 is 0 Å². The van der Waals surface area contributed by atoms with E-state index in [0.717, 1.165) is 37.7 Å². The van der Waals surface area contributed by atoms with Crippen LogP contribution in [0, 0.1) is 6.92 Å². The Hall–Kier alpha value is -2.47. The lowest BCUT2D eigenvalue weighted by Gasteiger charge is -2.33. The Morgan fingerprint density at radius 1 is 1.13 bits per heavy atom. The Morgan fingerprint density at radius 2 is 1.91 bits per heavy atom. The van der Waals surface area contributed by atoms with Crippen molar-refractivity contribution >= 4 is 17.4 Å². The lowest BCUT2D eigenvalue weighted by atomic mass is 10.3. The maximum atomic E-state index is 12.2. The van der Waals surface area contributed by atoms with Crippen LogP contribution in [-0.4, -0.2) is 54.0 Å². The zero-order valence-corrected chi connectivity index (χ0v) is 13.5. The average Bonchev–Trinajstić information content (AvgIpc) is 2.56. The van der Waals surface area contributed by atoms with Gasteiger partial charge in [-0.05, 0) is 38.2 Å². The fraction of sp³-hybridized carbons (Fsp3) is 0.353. The summed E-state index contributed by atoms with van der Waals surface area (Å²) in [5, 5.41) is 2.83.